The summed E-state index contributed by atoms with van der Waals surface area (Å²) in [5, 5.41) is 10.9. The Morgan fingerprint density at radius 1 is 1.05 bits per heavy atom. The van der Waals surface area contributed by atoms with Crippen LogP contribution in [0.15, 0.2) is 36.4 Å². The molecule has 2 rings (SSSR count). The van der Waals surface area contributed by atoms with Crippen molar-refractivity contribution in [3.63, 3.8) is 0 Å². The Morgan fingerprint density at radius 3 is 2.14 bits per heavy atom. The number of nitriles is 1. The fourth-order valence-corrected chi connectivity index (χ4v) is 3.11. The molecule has 1 unspecified atom stereocenters. The topological polar surface area (TPSA) is 23.8 Å². The van der Waals surface area contributed by atoms with Gasteiger partial charge >= 0.3 is 0 Å². The fourth-order valence-electron chi connectivity index (χ4n) is 2.71. The van der Waals surface area contributed by atoms with Crippen LogP contribution in [0, 0.1) is 18.3 Å². The van der Waals surface area contributed by atoms with Gasteiger partial charge in [0, 0.05) is 10.0 Å². The number of hydrogen-bond acceptors (Lipinski definition) is 1. The largest absolute Gasteiger partial charge is 0.197 e. The van der Waals surface area contributed by atoms with Gasteiger partial charge in [-0.1, -0.05) is 62.2 Å². The molecule has 0 aliphatic heterocycles. The van der Waals surface area contributed by atoms with Crippen LogP contribution >= 0.6 is 23.2 Å². The number of aryl methyl sites for hydroxylation is 1. The third-order valence-electron chi connectivity index (χ3n) is 3.80. The predicted octanol–water partition coefficient (Wildman–Crippen LogP) is 6.25. The van der Waals surface area contributed by atoms with E-state index in [1.54, 1.807) is 12.1 Å². The molecular weight excluding hydrogens is 313 g/mol. The molecule has 0 fully saturated rings. The lowest BCUT2D eigenvalue weighted by molar-refractivity contribution is 0.586. The quantitative estimate of drug-likeness (QED) is 0.637. The average Bonchev–Trinajstić information content (AvgIpc) is 2.43. The summed E-state index contributed by atoms with van der Waals surface area (Å²) < 4.78 is 0. The lowest BCUT2D eigenvalue weighted by Crippen LogP contribution is -2.14. The monoisotopic (exact) mass is 331 g/mol. The zero-order chi connectivity index (χ0) is 16.5. The second-order valence-corrected chi connectivity index (χ2v) is 7.40. The summed E-state index contributed by atoms with van der Waals surface area (Å²) in [6.07, 6.45) is 0. The van der Waals surface area contributed by atoms with E-state index >= 15 is 0 Å². The normalized spacial score (nSPS) is 12.8. The maximum absolute atomic E-state index is 9.61. The summed E-state index contributed by atoms with van der Waals surface area (Å²) in [4.78, 5) is 0. The maximum Gasteiger partial charge on any atom is 0.0977 e. The summed E-state index contributed by atoms with van der Waals surface area (Å²) in [5.41, 5.74) is 4.12. The van der Waals surface area contributed by atoms with Crippen molar-refractivity contribution in [1.29, 1.82) is 5.26 Å². The van der Waals surface area contributed by atoms with E-state index in [4.69, 9.17) is 23.2 Å². The minimum atomic E-state index is -0.391. The van der Waals surface area contributed by atoms with E-state index in [1.807, 2.05) is 24.3 Å². The molecule has 0 N–H and O–H groups in total. The molecule has 0 aliphatic carbocycles. The molecule has 0 saturated carbocycles. The van der Waals surface area contributed by atoms with Gasteiger partial charge in [-0.2, -0.15) is 5.26 Å². The SMILES string of the molecule is Cc1cc(C(C#N)c2ccc(Cl)cc2)c(Cl)cc1C(C)(C)C. The Balaban J connectivity index is 2.54. The van der Waals surface area contributed by atoms with Gasteiger partial charge in [-0.15, -0.1) is 0 Å². The highest BCUT2D eigenvalue weighted by Gasteiger charge is 2.22. The van der Waals surface area contributed by atoms with Gasteiger partial charge in [0.05, 0.1) is 12.0 Å². The van der Waals surface area contributed by atoms with Crippen LogP contribution in [0.3, 0.4) is 0 Å². The van der Waals surface area contributed by atoms with E-state index < -0.39 is 5.92 Å². The summed E-state index contributed by atoms with van der Waals surface area (Å²) in [5.74, 6) is -0.391. The predicted molar refractivity (Wildman–Crippen MR) is 93.8 cm³/mol. The molecule has 0 bridgehead atoms. The first-order valence-electron chi connectivity index (χ1n) is 7.19. The first-order valence-corrected chi connectivity index (χ1v) is 7.95. The highest BCUT2D eigenvalue weighted by Crippen LogP contribution is 2.36. The summed E-state index contributed by atoms with van der Waals surface area (Å²) in [6, 6.07) is 13.7. The standard InChI is InChI=1S/C19H19Cl2N/c1-12-9-15(18(21)10-17(12)19(2,3)4)16(11-22)13-5-7-14(20)8-6-13/h5-10,16H,1-4H3. The van der Waals surface area contributed by atoms with Crippen LogP contribution in [-0.4, -0.2) is 0 Å². The Bertz CT molecular complexity index is 719. The molecule has 0 heterocycles. The number of rotatable bonds is 2. The van der Waals surface area contributed by atoms with Crippen molar-refractivity contribution >= 4 is 23.2 Å². The Morgan fingerprint density at radius 2 is 1.64 bits per heavy atom. The molecular formula is C19H19Cl2N. The molecule has 0 spiro atoms. The highest BCUT2D eigenvalue weighted by molar-refractivity contribution is 6.31. The van der Waals surface area contributed by atoms with Crippen LogP contribution in [0.25, 0.3) is 0 Å². The number of halogens is 2. The highest BCUT2D eigenvalue weighted by atomic mass is 35.5. The zero-order valence-electron chi connectivity index (χ0n) is 13.2. The van der Waals surface area contributed by atoms with Gasteiger partial charge in [0.25, 0.3) is 0 Å². The van der Waals surface area contributed by atoms with Crippen molar-refractivity contribution in [2.45, 2.75) is 39.0 Å². The smallest absolute Gasteiger partial charge is 0.0977 e. The summed E-state index contributed by atoms with van der Waals surface area (Å²) in [6.45, 7) is 8.54. The summed E-state index contributed by atoms with van der Waals surface area (Å²) in [7, 11) is 0. The molecule has 0 aliphatic rings. The minimum absolute atomic E-state index is 0.0225. The zero-order valence-corrected chi connectivity index (χ0v) is 14.8. The molecule has 2 aromatic carbocycles. The van der Waals surface area contributed by atoms with Crippen LogP contribution in [0.5, 0.6) is 0 Å². The Hall–Kier alpha value is -1.49. The van der Waals surface area contributed by atoms with Gasteiger partial charge in [0.2, 0.25) is 0 Å². The van der Waals surface area contributed by atoms with Crippen LogP contribution in [0.1, 0.15) is 48.9 Å². The van der Waals surface area contributed by atoms with Gasteiger partial charge in [-0.3, -0.25) is 0 Å². The molecule has 0 saturated heterocycles. The molecule has 0 aromatic heterocycles. The van der Waals surface area contributed by atoms with Crippen LogP contribution in [-0.2, 0) is 5.41 Å². The van der Waals surface area contributed by atoms with E-state index in [-0.39, 0.29) is 5.41 Å². The molecule has 0 radical (unpaired) electrons. The third kappa shape index (κ3) is 3.46. The van der Waals surface area contributed by atoms with Crippen molar-refractivity contribution in [2.24, 2.45) is 0 Å². The lowest BCUT2D eigenvalue weighted by Gasteiger charge is -2.24. The second-order valence-electron chi connectivity index (χ2n) is 6.55. The average molecular weight is 332 g/mol. The molecule has 114 valence electrons. The van der Waals surface area contributed by atoms with Gasteiger partial charge in [0.15, 0.2) is 0 Å². The fraction of sp³-hybridized carbons (Fsp3) is 0.316. The number of nitrogens with zero attached hydrogens (tertiary/aromatic N) is 1. The number of hydrogen-bond donors (Lipinski definition) is 0. The van der Waals surface area contributed by atoms with Crippen molar-refractivity contribution in [2.75, 3.05) is 0 Å². The molecule has 0 amide bonds. The Labute approximate surface area is 142 Å². The molecule has 3 heteroatoms. The van der Waals surface area contributed by atoms with Crippen molar-refractivity contribution in [1.82, 2.24) is 0 Å². The molecule has 1 atom stereocenters. The van der Waals surface area contributed by atoms with Gasteiger partial charge < -0.3 is 0 Å². The first-order chi connectivity index (χ1) is 10.2. The molecule has 2 aromatic rings. The van der Waals surface area contributed by atoms with E-state index in [0.29, 0.717) is 10.0 Å². The first kappa shape index (κ1) is 16.9. The second kappa shape index (κ2) is 6.32. The lowest BCUT2D eigenvalue weighted by atomic mass is 9.81. The van der Waals surface area contributed by atoms with E-state index in [2.05, 4.69) is 33.8 Å². The van der Waals surface area contributed by atoms with E-state index in [1.165, 1.54) is 5.56 Å². The third-order valence-corrected chi connectivity index (χ3v) is 4.37. The summed E-state index contributed by atoms with van der Waals surface area (Å²) >= 11 is 12.4. The molecule has 22 heavy (non-hydrogen) atoms. The van der Waals surface area contributed by atoms with Crippen molar-refractivity contribution in [3.05, 3.63) is 68.7 Å². The van der Waals surface area contributed by atoms with Gasteiger partial charge in [-0.25, -0.2) is 0 Å². The van der Waals surface area contributed by atoms with Gasteiger partial charge in [0.1, 0.15) is 0 Å². The van der Waals surface area contributed by atoms with Crippen LogP contribution in [0.4, 0.5) is 0 Å². The van der Waals surface area contributed by atoms with E-state index in [0.717, 1.165) is 16.7 Å². The van der Waals surface area contributed by atoms with E-state index in [9.17, 15) is 5.26 Å². The van der Waals surface area contributed by atoms with Crippen molar-refractivity contribution in [3.8, 4) is 6.07 Å². The number of benzene rings is 2. The van der Waals surface area contributed by atoms with Crippen molar-refractivity contribution < 1.29 is 0 Å². The van der Waals surface area contributed by atoms with Crippen LogP contribution < -0.4 is 0 Å². The maximum atomic E-state index is 9.61. The Kier molecular flexibility index (Phi) is 4.85. The van der Waals surface area contributed by atoms with Gasteiger partial charge in [-0.05, 0) is 52.8 Å². The van der Waals surface area contributed by atoms with Crippen LogP contribution in [0.2, 0.25) is 10.0 Å². The molecule has 1 nitrogen and oxygen atoms in total. The minimum Gasteiger partial charge on any atom is -0.197 e.